The molecule has 8 nitrogen and oxygen atoms in total. The van der Waals surface area contributed by atoms with E-state index < -0.39 is 16.0 Å². The van der Waals surface area contributed by atoms with Crippen molar-refractivity contribution in [3.05, 3.63) is 59.7 Å². The number of benzene rings is 2. The quantitative estimate of drug-likeness (QED) is 0.440. The average Bonchev–Trinajstić information content (AvgIpc) is 2.82. The molecule has 0 aromatic heterocycles. The maximum Gasteiger partial charge on any atom is 0.339 e. The molecular weight excluding hydrogens is 434 g/mol. The molecule has 0 atom stereocenters. The van der Waals surface area contributed by atoms with Gasteiger partial charge in [0.15, 0.2) is 0 Å². The Morgan fingerprint density at radius 1 is 1.00 bits per heavy atom. The molecule has 1 aliphatic rings. The van der Waals surface area contributed by atoms with Gasteiger partial charge in [-0.1, -0.05) is 30.3 Å². The topological polar surface area (TPSA) is 99.2 Å². The van der Waals surface area contributed by atoms with E-state index in [1.54, 1.807) is 12.1 Å². The molecule has 32 heavy (non-hydrogen) atoms. The Hall–Kier alpha value is -2.91. The maximum absolute atomic E-state index is 13.1. The van der Waals surface area contributed by atoms with Crippen molar-refractivity contribution in [1.29, 1.82) is 0 Å². The summed E-state index contributed by atoms with van der Waals surface area (Å²) >= 11 is 0. The molecule has 0 bridgehead atoms. The van der Waals surface area contributed by atoms with Gasteiger partial charge in [-0.15, -0.1) is 0 Å². The lowest BCUT2D eigenvalue weighted by molar-refractivity contribution is -0.150. The van der Waals surface area contributed by atoms with Gasteiger partial charge in [0.05, 0.1) is 23.5 Å². The Bertz CT molecular complexity index is 1060. The smallest absolute Gasteiger partial charge is 0.339 e. The van der Waals surface area contributed by atoms with Crippen molar-refractivity contribution < 1.29 is 32.2 Å². The second kappa shape index (κ2) is 10.6. The molecule has 1 fully saturated rings. The third kappa shape index (κ3) is 5.46. The number of rotatable bonds is 8. The van der Waals surface area contributed by atoms with Crippen molar-refractivity contribution in [3.63, 3.8) is 0 Å². The highest BCUT2D eigenvalue weighted by molar-refractivity contribution is 7.89. The van der Waals surface area contributed by atoms with Crippen LogP contribution in [0, 0.1) is 12.8 Å². The van der Waals surface area contributed by atoms with Crippen molar-refractivity contribution in [2.45, 2.75) is 24.7 Å². The van der Waals surface area contributed by atoms with Crippen LogP contribution >= 0.6 is 0 Å². The lowest BCUT2D eigenvalue weighted by Gasteiger charge is -2.30. The summed E-state index contributed by atoms with van der Waals surface area (Å²) < 4.78 is 43.1. The number of ether oxygens (including phenoxy) is 3. The van der Waals surface area contributed by atoms with Crippen LogP contribution in [0.5, 0.6) is 5.75 Å². The standard InChI is InChI=1S/C23H27NO7S/c1-17-7-3-5-9-20(17)30-15-16-31-22(25)18-11-13-24(14-12-18)32(27,28)21-10-6-4-8-19(21)23(26)29-2/h3-10,18H,11-16H2,1-2H3. The summed E-state index contributed by atoms with van der Waals surface area (Å²) in [7, 11) is -2.69. The molecule has 1 heterocycles. The first-order valence-electron chi connectivity index (χ1n) is 10.4. The molecule has 0 saturated carbocycles. The monoisotopic (exact) mass is 461 g/mol. The van der Waals surface area contributed by atoms with Gasteiger partial charge in [-0.25, -0.2) is 13.2 Å². The molecule has 0 unspecified atom stereocenters. The Labute approximate surface area is 188 Å². The molecule has 1 saturated heterocycles. The van der Waals surface area contributed by atoms with E-state index in [1.165, 1.54) is 23.5 Å². The molecule has 0 amide bonds. The summed E-state index contributed by atoms with van der Waals surface area (Å²) in [6.07, 6.45) is 0.689. The number of para-hydroxylation sites is 1. The van der Waals surface area contributed by atoms with Crippen molar-refractivity contribution in [3.8, 4) is 5.75 Å². The zero-order valence-corrected chi connectivity index (χ0v) is 19.0. The van der Waals surface area contributed by atoms with E-state index in [1.807, 2.05) is 31.2 Å². The number of sulfonamides is 1. The maximum atomic E-state index is 13.1. The van der Waals surface area contributed by atoms with Gasteiger partial charge in [-0.3, -0.25) is 4.79 Å². The molecule has 3 rings (SSSR count). The van der Waals surface area contributed by atoms with E-state index in [0.29, 0.717) is 12.8 Å². The minimum atomic E-state index is -3.89. The predicted molar refractivity (Wildman–Crippen MR) is 117 cm³/mol. The van der Waals surface area contributed by atoms with E-state index in [4.69, 9.17) is 14.2 Å². The summed E-state index contributed by atoms with van der Waals surface area (Å²) in [5.74, 6) is -0.703. The van der Waals surface area contributed by atoms with E-state index in [2.05, 4.69) is 0 Å². The summed E-state index contributed by atoms with van der Waals surface area (Å²) in [5.41, 5.74) is 0.992. The van der Waals surface area contributed by atoms with Crippen LogP contribution in [0.15, 0.2) is 53.4 Å². The Kier molecular flexibility index (Phi) is 7.87. The second-order valence-corrected chi connectivity index (χ2v) is 9.35. The number of carbonyl (C=O) groups is 2. The van der Waals surface area contributed by atoms with Gasteiger partial charge in [-0.05, 0) is 43.5 Å². The number of methoxy groups -OCH3 is 1. The number of hydrogen-bond donors (Lipinski definition) is 0. The van der Waals surface area contributed by atoms with Crippen LogP contribution in [0.4, 0.5) is 0 Å². The molecule has 9 heteroatoms. The van der Waals surface area contributed by atoms with E-state index >= 15 is 0 Å². The molecule has 2 aromatic carbocycles. The van der Waals surface area contributed by atoms with Crippen LogP contribution in [0.1, 0.15) is 28.8 Å². The fourth-order valence-electron chi connectivity index (χ4n) is 3.57. The van der Waals surface area contributed by atoms with Gasteiger partial charge in [0.2, 0.25) is 10.0 Å². The molecule has 0 aliphatic carbocycles. The minimum Gasteiger partial charge on any atom is -0.490 e. The van der Waals surface area contributed by atoms with Crippen LogP contribution in [0.3, 0.4) is 0 Å². The highest BCUT2D eigenvalue weighted by Gasteiger charge is 2.34. The fourth-order valence-corrected chi connectivity index (χ4v) is 5.22. The third-order valence-electron chi connectivity index (χ3n) is 5.38. The Morgan fingerprint density at radius 3 is 2.34 bits per heavy atom. The van der Waals surface area contributed by atoms with Crippen molar-refractivity contribution in [2.75, 3.05) is 33.4 Å². The second-order valence-electron chi connectivity index (χ2n) is 7.45. The Balaban J connectivity index is 1.52. The molecule has 1 aliphatic heterocycles. The fraction of sp³-hybridized carbons (Fsp3) is 0.391. The molecule has 2 aromatic rings. The van der Waals surface area contributed by atoms with Crippen LogP contribution in [0.2, 0.25) is 0 Å². The van der Waals surface area contributed by atoms with E-state index in [0.717, 1.165) is 11.3 Å². The van der Waals surface area contributed by atoms with Gasteiger partial charge in [0.25, 0.3) is 0 Å². The van der Waals surface area contributed by atoms with E-state index in [9.17, 15) is 18.0 Å². The molecular formula is C23H27NO7S. The number of hydrogen-bond acceptors (Lipinski definition) is 7. The zero-order chi connectivity index (χ0) is 23.1. The minimum absolute atomic E-state index is 0.00909. The highest BCUT2D eigenvalue weighted by Crippen LogP contribution is 2.27. The first-order valence-corrected chi connectivity index (χ1v) is 11.8. The first kappa shape index (κ1) is 23.7. The number of piperidine rings is 1. The van der Waals surface area contributed by atoms with Gasteiger partial charge >= 0.3 is 11.9 Å². The summed E-state index contributed by atoms with van der Waals surface area (Å²) in [4.78, 5) is 24.2. The third-order valence-corrected chi connectivity index (χ3v) is 7.33. The van der Waals surface area contributed by atoms with Crippen molar-refractivity contribution in [2.24, 2.45) is 5.92 Å². The largest absolute Gasteiger partial charge is 0.490 e. The summed E-state index contributed by atoms with van der Waals surface area (Å²) in [5, 5.41) is 0. The highest BCUT2D eigenvalue weighted by atomic mass is 32.2. The van der Waals surface area contributed by atoms with Crippen molar-refractivity contribution >= 4 is 22.0 Å². The SMILES string of the molecule is COC(=O)c1ccccc1S(=O)(=O)N1CCC(C(=O)OCCOc2ccccc2C)CC1. The van der Waals surface area contributed by atoms with Gasteiger partial charge in [0, 0.05) is 13.1 Å². The number of esters is 2. The van der Waals surface area contributed by atoms with Gasteiger partial charge in [-0.2, -0.15) is 4.31 Å². The Morgan fingerprint density at radius 2 is 1.66 bits per heavy atom. The van der Waals surface area contributed by atoms with Crippen LogP contribution in [0.25, 0.3) is 0 Å². The molecule has 0 N–H and O–H groups in total. The van der Waals surface area contributed by atoms with Crippen LogP contribution in [-0.4, -0.2) is 58.1 Å². The number of carbonyl (C=O) groups excluding carboxylic acids is 2. The van der Waals surface area contributed by atoms with Gasteiger partial charge in [0.1, 0.15) is 19.0 Å². The molecule has 0 spiro atoms. The molecule has 172 valence electrons. The van der Waals surface area contributed by atoms with Crippen LogP contribution in [-0.2, 0) is 24.3 Å². The lowest BCUT2D eigenvalue weighted by atomic mass is 9.98. The summed E-state index contributed by atoms with van der Waals surface area (Å²) in [6, 6.07) is 13.5. The first-order chi connectivity index (χ1) is 15.3. The summed E-state index contributed by atoms with van der Waals surface area (Å²) in [6.45, 7) is 2.63. The van der Waals surface area contributed by atoms with E-state index in [-0.39, 0.29) is 48.6 Å². The van der Waals surface area contributed by atoms with Crippen LogP contribution < -0.4 is 4.74 Å². The number of nitrogens with zero attached hydrogens (tertiary/aromatic N) is 1. The zero-order valence-electron chi connectivity index (χ0n) is 18.2. The normalized spacial score (nSPS) is 15.2. The molecule has 0 radical (unpaired) electrons. The number of aryl methyl sites for hydroxylation is 1. The predicted octanol–water partition coefficient (Wildman–Crippen LogP) is 2.80. The van der Waals surface area contributed by atoms with Gasteiger partial charge < -0.3 is 14.2 Å². The van der Waals surface area contributed by atoms with Crippen molar-refractivity contribution in [1.82, 2.24) is 4.31 Å². The lowest BCUT2D eigenvalue weighted by Crippen LogP contribution is -2.41. The average molecular weight is 462 g/mol.